The summed E-state index contributed by atoms with van der Waals surface area (Å²) in [5.41, 5.74) is 1.97. The van der Waals surface area contributed by atoms with Crippen molar-refractivity contribution in [2.24, 2.45) is 0 Å². The average Bonchev–Trinajstić information content (AvgIpc) is 2.70. The van der Waals surface area contributed by atoms with E-state index in [2.05, 4.69) is 4.98 Å². The first-order chi connectivity index (χ1) is 7.20. The molecule has 0 fully saturated rings. The predicted octanol–water partition coefficient (Wildman–Crippen LogP) is 4.04. The lowest BCUT2D eigenvalue weighted by atomic mass is 10.1. The van der Waals surface area contributed by atoms with E-state index in [9.17, 15) is 0 Å². The highest BCUT2D eigenvalue weighted by Gasteiger charge is 2.06. The fourth-order valence-corrected chi connectivity index (χ4v) is 1.54. The van der Waals surface area contributed by atoms with E-state index in [0.717, 1.165) is 16.1 Å². The maximum Gasteiger partial charge on any atom is 0.209 e. The Hall–Kier alpha value is -0.990. The third kappa shape index (κ3) is 2.16. The number of hydrogen-bond donors (Lipinski definition) is 0. The summed E-state index contributed by atoms with van der Waals surface area (Å²) in [7, 11) is 0. The van der Waals surface area contributed by atoms with E-state index >= 15 is 0 Å². The highest BCUT2D eigenvalue weighted by atomic mass is 35.5. The molecule has 0 N–H and O–H groups in total. The molecule has 1 heterocycles. The maximum absolute atomic E-state index is 5.93. The van der Waals surface area contributed by atoms with Crippen LogP contribution in [-0.2, 0) is 5.88 Å². The molecular formula is C11H9Cl2NO. The number of rotatable bonds is 2. The van der Waals surface area contributed by atoms with Gasteiger partial charge in [0.05, 0.1) is 12.1 Å². The van der Waals surface area contributed by atoms with Gasteiger partial charge in [0.15, 0.2) is 5.76 Å². The third-order valence-electron chi connectivity index (χ3n) is 2.11. The number of benzene rings is 1. The molecule has 0 aliphatic heterocycles. The van der Waals surface area contributed by atoms with Gasteiger partial charge in [0.25, 0.3) is 0 Å². The van der Waals surface area contributed by atoms with Crippen molar-refractivity contribution in [1.82, 2.24) is 4.98 Å². The van der Waals surface area contributed by atoms with Crippen molar-refractivity contribution >= 4 is 23.2 Å². The molecule has 15 heavy (non-hydrogen) atoms. The van der Waals surface area contributed by atoms with Gasteiger partial charge in [-0.05, 0) is 30.7 Å². The van der Waals surface area contributed by atoms with Crippen LogP contribution in [0.25, 0.3) is 11.3 Å². The van der Waals surface area contributed by atoms with Crippen molar-refractivity contribution in [2.45, 2.75) is 12.8 Å². The van der Waals surface area contributed by atoms with E-state index in [-0.39, 0.29) is 5.88 Å². The molecule has 0 atom stereocenters. The predicted molar refractivity (Wildman–Crippen MR) is 61.2 cm³/mol. The number of aryl methyl sites for hydroxylation is 1. The fraction of sp³-hybridized carbons (Fsp3) is 0.182. The van der Waals surface area contributed by atoms with E-state index in [1.165, 1.54) is 0 Å². The number of aromatic nitrogens is 1. The minimum absolute atomic E-state index is 0.284. The van der Waals surface area contributed by atoms with Crippen molar-refractivity contribution in [3.05, 3.63) is 40.9 Å². The number of halogens is 2. The van der Waals surface area contributed by atoms with Crippen molar-refractivity contribution in [1.29, 1.82) is 0 Å². The van der Waals surface area contributed by atoms with Gasteiger partial charge in [-0.3, -0.25) is 0 Å². The Bertz CT molecular complexity index is 479. The fourth-order valence-electron chi connectivity index (χ4n) is 1.30. The number of nitrogens with zero attached hydrogens (tertiary/aromatic N) is 1. The van der Waals surface area contributed by atoms with Crippen molar-refractivity contribution in [2.75, 3.05) is 0 Å². The van der Waals surface area contributed by atoms with Crippen molar-refractivity contribution in [3.8, 4) is 11.3 Å². The summed E-state index contributed by atoms with van der Waals surface area (Å²) in [5.74, 6) is 1.52. The Morgan fingerprint density at radius 3 is 2.80 bits per heavy atom. The molecule has 2 aromatic rings. The van der Waals surface area contributed by atoms with Crippen molar-refractivity contribution < 1.29 is 4.42 Å². The van der Waals surface area contributed by atoms with Gasteiger partial charge < -0.3 is 4.42 Å². The van der Waals surface area contributed by atoms with Crippen LogP contribution in [0.4, 0.5) is 0 Å². The smallest absolute Gasteiger partial charge is 0.209 e. The lowest BCUT2D eigenvalue weighted by Crippen LogP contribution is -1.78. The lowest BCUT2D eigenvalue weighted by Gasteiger charge is -2.00. The summed E-state index contributed by atoms with van der Waals surface area (Å²) in [6.45, 7) is 1.95. The third-order valence-corrected chi connectivity index (χ3v) is 2.76. The topological polar surface area (TPSA) is 26.0 Å². The number of hydrogen-bond acceptors (Lipinski definition) is 2. The second-order valence-electron chi connectivity index (χ2n) is 3.22. The van der Waals surface area contributed by atoms with Gasteiger partial charge in [-0.15, -0.1) is 11.6 Å². The van der Waals surface area contributed by atoms with Gasteiger partial charge in [0, 0.05) is 10.6 Å². The molecule has 1 aromatic heterocycles. The van der Waals surface area contributed by atoms with E-state index in [1.54, 1.807) is 6.20 Å². The maximum atomic E-state index is 5.93. The molecule has 0 saturated heterocycles. The summed E-state index contributed by atoms with van der Waals surface area (Å²) in [6, 6.07) is 5.70. The lowest BCUT2D eigenvalue weighted by molar-refractivity contribution is 0.528. The monoisotopic (exact) mass is 241 g/mol. The first kappa shape index (κ1) is 10.5. The SMILES string of the molecule is Cc1cc(-c2cnc(CCl)o2)ccc1Cl. The Labute approximate surface area is 97.8 Å². The molecule has 4 heteroatoms. The highest BCUT2D eigenvalue weighted by Crippen LogP contribution is 2.25. The van der Waals surface area contributed by atoms with Gasteiger partial charge in [-0.2, -0.15) is 0 Å². The van der Waals surface area contributed by atoms with E-state index in [4.69, 9.17) is 27.6 Å². The molecule has 2 nitrogen and oxygen atoms in total. The average molecular weight is 242 g/mol. The largest absolute Gasteiger partial charge is 0.439 e. The molecule has 0 saturated carbocycles. The van der Waals surface area contributed by atoms with E-state index in [1.807, 2.05) is 25.1 Å². The standard InChI is InChI=1S/C11H9Cl2NO/c1-7-4-8(2-3-9(7)13)10-6-14-11(5-12)15-10/h2-4,6H,5H2,1H3. The van der Waals surface area contributed by atoms with Crippen LogP contribution in [0.2, 0.25) is 5.02 Å². The molecule has 0 spiro atoms. The molecular weight excluding hydrogens is 233 g/mol. The number of oxazole rings is 1. The molecule has 1 aromatic carbocycles. The Kier molecular flexibility index (Phi) is 2.98. The summed E-state index contributed by atoms with van der Waals surface area (Å²) in [6.07, 6.45) is 1.67. The molecule has 0 aliphatic carbocycles. The summed E-state index contributed by atoms with van der Waals surface area (Å²) in [5, 5.41) is 0.746. The molecule has 0 radical (unpaired) electrons. The normalized spacial score (nSPS) is 10.6. The summed E-state index contributed by atoms with van der Waals surface area (Å²) in [4.78, 5) is 4.03. The van der Waals surface area contributed by atoms with Gasteiger partial charge in [0.2, 0.25) is 5.89 Å². The first-order valence-electron chi connectivity index (χ1n) is 4.48. The first-order valence-corrected chi connectivity index (χ1v) is 5.39. The van der Waals surface area contributed by atoms with Crippen LogP contribution in [0.1, 0.15) is 11.5 Å². The highest BCUT2D eigenvalue weighted by molar-refractivity contribution is 6.31. The van der Waals surface area contributed by atoms with E-state index in [0.29, 0.717) is 11.7 Å². The van der Waals surface area contributed by atoms with Crippen LogP contribution in [0.3, 0.4) is 0 Å². The summed E-state index contributed by atoms with van der Waals surface area (Å²) >= 11 is 11.5. The second-order valence-corrected chi connectivity index (χ2v) is 3.89. The minimum atomic E-state index is 0.284. The Balaban J connectivity index is 2.40. The van der Waals surface area contributed by atoms with Gasteiger partial charge in [-0.25, -0.2) is 4.98 Å². The molecule has 0 aliphatic rings. The Morgan fingerprint density at radius 1 is 1.40 bits per heavy atom. The van der Waals surface area contributed by atoms with Crippen LogP contribution in [-0.4, -0.2) is 4.98 Å². The zero-order valence-electron chi connectivity index (χ0n) is 8.13. The van der Waals surface area contributed by atoms with Crippen LogP contribution in [0.15, 0.2) is 28.8 Å². The zero-order valence-corrected chi connectivity index (χ0v) is 9.64. The van der Waals surface area contributed by atoms with Gasteiger partial charge >= 0.3 is 0 Å². The molecule has 78 valence electrons. The quantitative estimate of drug-likeness (QED) is 0.742. The Morgan fingerprint density at radius 2 is 2.20 bits per heavy atom. The van der Waals surface area contributed by atoms with Crippen molar-refractivity contribution in [3.63, 3.8) is 0 Å². The second kappa shape index (κ2) is 4.25. The van der Waals surface area contributed by atoms with Crippen LogP contribution >= 0.6 is 23.2 Å². The molecule has 2 rings (SSSR count). The molecule has 0 amide bonds. The molecule has 0 unspecified atom stereocenters. The van der Waals surface area contributed by atoms with Gasteiger partial charge in [0.1, 0.15) is 0 Å². The van der Waals surface area contributed by atoms with Crippen LogP contribution in [0, 0.1) is 6.92 Å². The molecule has 0 bridgehead atoms. The number of alkyl halides is 1. The van der Waals surface area contributed by atoms with Gasteiger partial charge in [-0.1, -0.05) is 11.6 Å². The van der Waals surface area contributed by atoms with E-state index < -0.39 is 0 Å². The zero-order chi connectivity index (χ0) is 10.8. The summed E-state index contributed by atoms with van der Waals surface area (Å²) < 4.78 is 5.43. The van der Waals surface area contributed by atoms with Crippen LogP contribution in [0.5, 0.6) is 0 Å². The van der Waals surface area contributed by atoms with Crippen LogP contribution < -0.4 is 0 Å². The minimum Gasteiger partial charge on any atom is -0.439 e.